The van der Waals surface area contributed by atoms with E-state index in [9.17, 15) is 4.39 Å². The second-order valence-corrected chi connectivity index (χ2v) is 6.86. The van der Waals surface area contributed by atoms with Gasteiger partial charge in [-0.15, -0.1) is 0 Å². The van der Waals surface area contributed by atoms with E-state index in [1.165, 1.54) is 12.1 Å². The van der Waals surface area contributed by atoms with E-state index in [0.29, 0.717) is 45.9 Å². The van der Waals surface area contributed by atoms with E-state index < -0.39 is 0 Å². The molecule has 0 spiro atoms. The predicted molar refractivity (Wildman–Crippen MR) is 93.1 cm³/mol. The molecule has 0 bridgehead atoms. The van der Waals surface area contributed by atoms with E-state index in [1.807, 2.05) is 0 Å². The summed E-state index contributed by atoms with van der Waals surface area (Å²) in [6.07, 6.45) is 0.649. The number of nitrogens with one attached hydrogen (secondary N) is 1. The fourth-order valence-corrected chi connectivity index (χ4v) is 3.42. The maximum Gasteiger partial charge on any atom is 0.131 e. The average Bonchev–Trinajstić information content (AvgIpc) is 2.87. The van der Waals surface area contributed by atoms with Crippen molar-refractivity contribution in [3.05, 3.63) is 51.8 Å². The molecule has 2 aromatic carbocycles. The molecule has 0 aliphatic carbocycles. The second-order valence-electron chi connectivity index (χ2n) is 6.05. The van der Waals surface area contributed by atoms with Crippen LogP contribution in [0.2, 0.25) is 10.0 Å². The van der Waals surface area contributed by atoms with Crippen LogP contribution in [0.5, 0.6) is 5.75 Å². The monoisotopic (exact) mass is 353 g/mol. The molecule has 0 aromatic heterocycles. The quantitative estimate of drug-likeness (QED) is 0.825. The Kier molecular flexibility index (Phi) is 4.81. The molecular weight excluding hydrogens is 336 g/mol. The molecule has 0 saturated carbocycles. The van der Waals surface area contributed by atoms with Crippen molar-refractivity contribution in [3.63, 3.8) is 0 Å². The Bertz CT molecular complexity index is 713. The second kappa shape index (κ2) is 6.68. The van der Waals surface area contributed by atoms with Gasteiger partial charge in [0.05, 0.1) is 10.0 Å². The lowest BCUT2D eigenvalue weighted by molar-refractivity contribution is 0.224. The van der Waals surface area contributed by atoms with Gasteiger partial charge in [-0.25, -0.2) is 4.39 Å². The minimum absolute atomic E-state index is 0.0192. The maximum absolute atomic E-state index is 14.1. The third kappa shape index (κ3) is 3.47. The van der Waals surface area contributed by atoms with Crippen molar-refractivity contribution < 1.29 is 9.13 Å². The Hall–Kier alpha value is -1.29. The molecule has 1 unspecified atom stereocenters. The molecule has 2 aromatic rings. The van der Waals surface area contributed by atoms with Gasteiger partial charge in [-0.05, 0) is 24.3 Å². The van der Waals surface area contributed by atoms with E-state index in [0.717, 1.165) is 5.56 Å². The molecule has 5 heteroatoms. The normalized spacial score (nSPS) is 16.5. The summed E-state index contributed by atoms with van der Waals surface area (Å²) in [5, 5.41) is 4.32. The van der Waals surface area contributed by atoms with Crippen molar-refractivity contribution in [3.8, 4) is 16.9 Å². The van der Waals surface area contributed by atoms with Crippen LogP contribution in [0, 0.1) is 5.82 Å². The number of rotatable bonds is 4. The minimum Gasteiger partial charge on any atom is -0.488 e. The molecule has 0 radical (unpaired) electrons. The zero-order valence-electron chi connectivity index (χ0n) is 13.0. The SMILES string of the molecule is CC(C)NCC1Cc2cc(F)cc(-c3c(Cl)cccc3Cl)c2O1. The number of hydrogen-bond donors (Lipinski definition) is 1. The fraction of sp³-hybridized carbons (Fsp3) is 0.333. The zero-order chi connectivity index (χ0) is 16.6. The number of halogens is 3. The number of ether oxygens (including phenoxy) is 1. The van der Waals surface area contributed by atoms with Gasteiger partial charge in [0.15, 0.2) is 0 Å². The highest BCUT2D eigenvalue weighted by Gasteiger charge is 2.28. The van der Waals surface area contributed by atoms with E-state index in [-0.39, 0.29) is 11.9 Å². The summed E-state index contributed by atoms with van der Waals surface area (Å²) in [6, 6.07) is 8.59. The van der Waals surface area contributed by atoms with Gasteiger partial charge in [-0.3, -0.25) is 0 Å². The van der Waals surface area contributed by atoms with Crippen LogP contribution in [0.3, 0.4) is 0 Å². The molecular formula is C18H18Cl2FNO. The summed E-state index contributed by atoms with van der Waals surface area (Å²) in [4.78, 5) is 0. The van der Waals surface area contributed by atoms with Crippen LogP contribution in [0.25, 0.3) is 11.1 Å². The van der Waals surface area contributed by atoms with Crippen LogP contribution >= 0.6 is 23.2 Å². The Morgan fingerprint density at radius 2 is 1.96 bits per heavy atom. The van der Waals surface area contributed by atoms with Gasteiger partial charge in [-0.2, -0.15) is 0 Å². The van der Waals surface area contributed by atoms with Gasteiger partial charge in [0.1, 0.15) is 17.7 Å². The first-order valence-electron chi connectivity index (χ1n) is 7.62. The average molecular weight is 354 g/mol. The van der Waals surface area contributed by atoms with Gasteiger partial charge in [0, 0.05) is 35.7 Å². The Morgan fingerprint density at radius 1 is 1.26 bits per heavy atom. The van der Waals surface area contributed by atoms with Gasteiger partial charge < -0.3 is 10.1 Å². The maximum atomic E-state index is 14.1. The van der Waals surface area contributed by atoms with Gasteiger partial charge in [-0.1, -0.05) is 43.1 Å². The highest BCUT2D eigenvalue weighted by Crippen LogP contribution is 2.44. The topological polar surface area (TPSA) is 21.3 Å². The lowest BCUT2D eigenvalue weighted by atomic mass is 10.00. The highest BCUT2D eigenvalue weighted by atomic mass is 35.5. The molecule has 2 nitrogen and oxygen atoms in total. The first kappa shape index (κ1) is 16.6. The summed E-state index contributed by atoms with van der Waals surface area (Å²) in [5.41, 5.74) is 2.08. The summed E-state index contributed by atoms with van der Waals surface area (Å²) in [7, 11) is 0. The smallest absolute Gasteiger partial charge is 0.131 e. The molecule has 1 heterocycles. The predicted octanol–water partition coefficient (Wildman–Crippen LogP) is 5.10. The standard InChI is InChI=1S/C18H18Cl2FNO/c1-10(2)22-9-13-7-11-6-12(21)8-14(18(11)23-13)17-15(19)4-3-5-16(17)20/h3-6,8,10,13,22H,7,9H2,1-2H3. The van der Waals surface area contributed by atoms with E-state index in [2.05, 4.69) is 19.2 Å². The summed E-state index contributed by atoms with van der Waals surface area (Å²) in [6.45, 7) is 4.87. The summed E-state index contributed by atoms with van der Waals surface area (Å²) < 4.78 is 20.1. The van der Waals surface area contributed by atoms with E-state index in [1.54, 1.807) is 18.2 Å². The van der Waals surface area contributed by atoms with E-state index >= 15 is 0 Å². The van der Waals surface area contributed by atoms with Crippen molar-refractivity contribution in [1.82, 2.24) is 5.32 Å². The molecule has 0 amide bonds. The van der Waals surface area contributed by atoms with Crippen molar-refractivity contribution in [1.29, 1.82) is 0 Å². The fourth-order valence-electron chi connectivity index (χ4n) is 2.82. The molecule has 23 heavy (non-hydrogen) atoms. The number of fused-ring (bicyclic) bond motifs is 1. The molecule has 1 atom stereocenters. The van der Waals surface area contributed by atoms with Crippen LogP contribution in [0.15, 0.2) is 30.3 Å². The summed E-state index contributed by atoms with van der Waals surface area (Å²) in [5.74, 6) is 0.368. The molecule has 1 aliphatic rings. The lowest BCUT2D eigenvalue weighted by Gasteiger charge is -2.16. The number of benzene rings is 2. The van der Waals surface area contributed by atoms with Crippen LogP contribution in [-0.2, 0) is 6.42 Å². The van der Waals surface area contributed by atoms with Gasteiger partial charge >= 0.3 is 0 Å². The lowest BCUT2D eigenvalue weighted by Crippen LogP contribution is -2.34. The van der Waals surface area contributed by atoms with Crippen molar-refractivity contribution in [2.24, 2.45) is 0 Å². The van der Waals surface area contributed by atoms with E-state index in [4.69, 9.17) is 27.9 Å². The van der Waals surface area contributed by atoms with Crippen LogP contribution in [-0.4, -0.2) is 18.7 Å². The molecule has 0 fully saturated rings. The largest absolute Gasteiger partial charge is 0.488 e. The first-order valence-corrected chi connectivity index (χ1v) is 8.38. The Morgan fingerprint density at radius 3 is 2.61 bits per heavy atom. The van der Waals surface area contributed by atoms with Crippen LogP contribution in [0.1, 0.15) is 19.4 Å². The van der Waals surface area contributed by atoms with Crippen molar-refractivity contribution >= 4 is 23.2 Å². The third-order valence-electron chi connectivity index (χ3n) is 3.85. The molecule has 0 saturated heterocycles. The Labute approximate surface area is 145 Å². The first-order chi connectivity index (χ1) is 11.0. The highest BCUT2D eigenvalue weighted by molar-refractivity contribution is 6.39. The van der Waals surface area contributed by atoms with Gasteiger partial charge in [0.2, 0.25) is 0 Å². The van der Waals surface area contributed by atoms with Crippen LogP contribution in [0.4, 0.5) is 4.39 Å². The number of hydrogen-bond acceptors (Lipinski definition) is 2. The molecule has 1 N–H and O–H groups in total. The van der Waals surface area contributed by atoms with Gasteiger partial charge in [0.25, 0.3) is 0 Å². The zero-order valence-corrected chi connectivity index (χ0v) is 14.5. The summed E-state index contributed by atoms with van der Waals surface area (Å²) >= 11 is 12.6. The van der Waals surface area contributed by atoms with Crippen molar-refractivity contribution in [2.45, 2.75) is 32.4 Å². The minimum atomic E-state index is -0.309. The molecule has 1 aliphatic heterocycles. The Balaban J connectivity index is 1.99. The van der Waals surface area contributed by atoms with Crippen molar-refractivity contribution in [2.75, 3.05) is 6.54 Å². The molecule has 3 rings (SSSR count). The third-order valence-corrected chi connectivity index (χ3v) is 4.48. The molecule has 122 valence electrons. The van der Waals surface area contributed by atoms with Crippen LogP contribution < -0.4 is 10.1 Å².